The summed E-state index contributed by atoms with van der Waals surface area (Å²) in [5.41, 5.74) is 5.33. The van der Waals surface area contributed by atoms with Gasteiger partial charge in [-0.2, -0.15) is 5.10 Å². The minimum Gasteiger partial charge on any atom is -0.281 e. The number of nitrogens with one attached hydrogen (secondary N) is 1. The molecule has 1 aromatic carbocycles. The quantitative estimate of drug-likeness (QED) is 0.701. The van der Waals surface area contributed by atoms with Gasteiger partial charge in [0.2, 0.25) is 0 Å². The maximum absolute atomic E-state index is 4.72. The van der Waals surface area contributed by atoms with E-state index in [0.29, 0.717) is 5.92 Å². The van der Waals surface area contributed by atoms with Gasteiger partial charge in [0.05, 0.1) is 5.69 Å². The molecule has 5 rings (SSSR count). The number of benzene rings is 1. The van der Waals surface area contributed by atoms with Crippen molar-refractivity contribution in [2.45, 2.75) is 44.9 Å². The number of pyridine rings is 1. The van der Waals surface area contributed by atoms with E-state index in [0.717, 1.165) is 11.4 Å². The van der Waals surface area contributed by atoms with Crippen molar-refractivity contribution in [2.24, 2.45) is 5.41 Å². The van der Waals surface area contributed by atoms with Crippen LogP contribution in [0.15, 0.2) is 36.5 Å². The van der Waals surface area contributed by atoms with Crippen LogP contribution in [0, 0.1) is 5.41 Å². The first-order valence-electron chi connectivity index (χ1n) is 8.47. The zero-order valence-electron chi connectivity index (χ0n) is 13.9. The normalized spacial score (nSPS) is 27.5. The molecule has 2 heterocycles. The molecule has 3 nitrogen and oxygen atoms in total. The van der Waals surface area contributed by atoms with Crippen molar-refractivity contribution >= 4 is 10.8 Å². The predicted molar refractivity (Wildman–Crippen MR) is 92.4 cm³/mol. The lowest BCUT2D eigenvalue weighted by Crippen LogP contribution is -2.31. The van der Waals surface area contributed by atoms with Crippen molar-refractivity contribution in [1.29, 1.82) is 0 Å². The Balaban J connectivity index is 1.82. The third-order valence-electron chi connectivity index (χ3n) is 6.82. The highest BCUT2D eigenvalue weighted by atomic mass is 15.1. The van der Waals surface area contributed by atoms with Crippen LogP contribution in [0.4, 0.5) is 0 Å². The van der Waals surface area contributed by atoms with Crippen LogP contribution in [0.2, 0.25) is 0 Å². The van der Waals surface area contributed by atoms with E-state index in [-0.39, 0.29) is 10.8 Å². The summed E-state index contributed by atoms with van der Waals surface area (Å²) >= 11 is 0. The second kappa shape index (κ2) is 4.02. The van der Waals surface area contributed by atoms with Crippen LogP contribution in [0.1, 0.15) is 50.8 Å². The summed E-state index contributed by atoms with van der Waals surface area (Å²) in [5, 5.41) is 10.5. The largest absolute Gasteiger partial charge is 0.281 e. The second-order valence-corrected chi connectivity index (χ2v) is 7.89. The topological polar surface area (TPSA) is 41.6 Å². The van der Waals surface area contributed by atoms with Gasteiger partial charge in [0.15, 0.2) is 0 Å². The van der Waals surface area contributed by atoms with Crippen LogP contribution < -0.4 is 0 Å². The van der Waals surface area contributed by atoms with Gasteiger partial charge >= 0.3 is 0 Å². The third kappa shape index (κ3) is 1.41. The molecule has 1 N–H and O–H groups in total. The molecule has 2 aliphatic rings. The number of fused-ring (bicyclic) bond motifs is 6. The minimum absolute atomic E-state index is 0.188. The van der Waals surface area contributed by atoms with Gasteiger partial charge in [0.25, 0.3) is 0 Å². The fraction of sp³-hybridized carbons (Fsp3) is 0.400. The first-order valence-corrected chi connectivity index (χ1v) is 8.47. The monoisotopic (exact) mass is 303 g/mol. The molecule has 0 amide bonds. The van der Waals surface area contributed by atoms with E-state index in [1.165, 1.54) is 34.9 Å². The van der Waals surface area contributed by atoms with E-state index in [4.69, 9.17) is 10.1 Å². The number of hydrogen-bond acceptors (Lipinski definition) is 2. The van der Waals surface area contributed by atoms with Crippen LogP contribution in [-0.2, 0) is 5.41 Å². The summed E-state index contributed by atoms with van der Waals surface area (Å²) in [6, 6.07) is 10.5. The van der Waals surface area contributed by atoms with Gasteiger partial charge in [-0.15, -0.1) is 0 Å². The average Bonchev–Trinajstić information content (AvgIpc) is 3.13. The summed E-state index contributed by atoms with van der Waals surface area (Å²) in [4.78, 5) is 4.71. The van der Waals surface area contributed by atoms with Crippen LogP contribution in [-0.4, -0.2) is 15.2 Å². The molecular formula is C20H21N3. The summed E-state index contributed by atoms with van der Waals surface area (Å²) in [7, 11) is 0. The van der Waals surface area contributed by atoms with Crippen molar-refractivity contribution in [1.82, 2.24) is 15.2 Å². The maximum Gasteiger partial charge on any atom is 0.115 e. The summed E-state index contributed by atoms with van der Waals surface area (Å²) < 4.78 is 0. The van der Waals surface area contributed by atoms with E-state index < -0.39 is 0 Å². The lowest BCUT2D eigenvalue weighted by Gasteiger charge is -2.35. The molecule has 2 unspecified atom stereocenters. The first-order chi connectivity index (χ1) is 11.0. The Kier molecular flexibility index (Phi) is 2.33. The molecule has 0 spiro atoms. The Hall–Kier alpha value is -2.16. The van der Waals surface area contributed by atoms with Crippen molar-refractivity contribution in [3.05, 3.63) is 47.8 Å². The second-order valence-electron chi connectivity index (χ2n) is 7.89. The molecule has 3 heteroatoms. The molecule has 0 radical (unpaired) electrons. The molecular weight excluding hydrogens is 282 g/mol. The third-order valence-corrected chi connectivity index (χ3v) is 6.82. The van der Waals surface area contributed by atoms with Gasteiger partial charge in [-0.25, -0.2) is 0 Å². The Labute approximate surface area is 136 Å². The van der Waals surface area contributed by atoms with Gasteiger partial charge in [0.1, 0.15) is 5.69 Å². The van der Waals surface area contributed by atoms with E-state index >= 15 is 0 Å². The van der Waals surface area contributed by atoms with Gasteiger partial charge in [-0.05, 0) is 29.7 Å². The Morgan fingerprint density at radius 3 is 2.78 bits per heavy atom. The van der Waals surface area contributed by atoms with E-state index in [9.17, 15) is 0 Å². The van der Waals surface area contributed by atoms with Crippen molar-refractivity contribution in [2.75, 3.05) is 0 Å². The van der Waals surface area contributed by atoms with Crippen molar-refractivity contribution in [3.8, 4) is 11.4 Å². The number of aromatic amines is 1. The van der Waals surface area contributed by atoms with Gasteiger partial charge in [-0.1, -0.05) is 45.0 Å². The Bertz CT molecular complexity index is 932. The highest BCUT2D eigenvalue weighted by Crippen LogP contribution is 2.68. The standard InChI is InChI=1S/C20H21N3/c1-19(2)14-8-10-20(19,3)15-17(14)22-23-18(15)16-13-7-5-4-6-12(13)9-11-21-16/h4-7,9,11,14H,8,10H2,1-3H3,(H,22,23). The Morgan fingerprint density at radius 1 is 1.09 bits per heavy atom. The molecule has 116 valence electrons. The fourth-order valence-corrected chi connectivity index (χ4v) is 5.10. The summed E-state index contributed by atoms with van der Waals surface area (Å²) in [6.45, 7) is 7.25. The number of aromatic nitrogens is 3. The first kappa shape index (κ1) is 13.3. The van der Waals surface area contributed by atoms with Crippen molar-refractivity contribution < 1.29 is 0 Å². The zero-order chi connectivity index (χ0) is 15.8. The highest BCUT2D eigenvalue weighted by Gasteiger charge is 2.61. The zero-order valence-corrected chi connectivity index (χ0v) is 13.9. The molecule has 2 atom stereocenters. The smallest absolute Gasteiger partial charge is 0.115 e. The molecule has 0 aliphatic heterocycles. The summed E-state index contributed by atoms with van der Waals surface area (Å²) in [5.74, 6) is 0.596. The van der Waals surface area contributed by atoms with Gasteiger partial charge in [-0.3, -0.25) is 10.1 Å². The van der Waals surface area contributed by atoms with Crippen molar-refractivity contribution in [3.63, 3.8) is 0 Å². The molecule has 2 bridgehead atoms. The molecule has 2 aromatic heterocycles. The van der Waals surface area contributed by atoms with E-state index in [1.807, 2.05) is 6.20 Å². The van der Waals surface area contributed by atoms with Crippen LogP contribution in [0.3, 0.4) is 0 Å². The number of H-pyrrole nitrogens is 1. The van der Waals surface area contributed by atoms with Crippen LogP contribution in [0.5, 0.6) is 0 Å². The lowest BCUT2D eigenvalue weighted by atomic mass is 9.68. The van der Waals surface area contributed by atoms with E-state index in [1.54, 1.807) is 0 Å². The molecule has 1 fully saturated rings. The maximum atomic E-state index is 4.72. The Morgan fingerprint density at radius 2 is 1.91 bits per heavy atom. The lowest BCUT2D eigenvalue weighted by molar-refractivity contribution is 0.229. The molecule has 23 heavy (non-hydrogen) atoms. The summed E-state index contributed by atoms with van der Waals surface area (Å²) in [6.07, 6.45) is 4.41. The van der Waals surface area contributed by atoms with Crippen LogP contribution >= 0.6 is 0 Å². The predicted octanol–water partition coefficient (Wildman–Crippen LogP) is 4.80. The molecule has 2 aliphatic carbocycles. The average molecular weight is 303 g/mol. The van der Waals surface area contributed by atoms with Gasteiger partial charge in [0, 0.05) is 34.2 Å². The van der Waals surface area contributed by atoms with Gasteiger partial charge < -0.3 is 0 Å². The number of hydrogen-bond donors (Lipinski definition) is 1. The molecule has 1 saturated carbocycles. The molecule has 3 aromatic rings. The minimum atomic E-state index is 0.188. The fourth-order valence-electron chi connectivity index (χ4n) is 5.10. The van der Waals surface area contributed by atoms with E-state index in [2.05, 4.69) is 56.2 Å². The SMILES string of the molecule is CC12CCC(c3[nH]nc(-c4nccc5ccccc45)c31)C2(C)C. The highest BCUT2D eigenvalue weighted by molar-refractivity contribution is 5.94. The number of rotatable bonds is 1. The molecule has 0 saturated heterocycles. The number of nitrogens with zero attached hydrogens (tertiary/aromatic N) is 2. The van der Waals surface area contributed by atoms with Crippen LogP contribution in [0.25, 0.3) is 22.2 Å².